The third-order valence-corrected chi connectivity index (χ3v) is 2.71. The van der Waals surface area contributed by atoms with Gasteiger partial charge in [0.1, 0.15) is 0 Å². The van der Waals surface area contributed by atoms with Gasteiger partial charge in [0, 0.05) is 19.6 Å². The Morgan fingerprint density at radius 1 is 1.44 bits per heavy atom. The van der Waals surface area contributed by atoms with Crippen LogP contribution in [0.3, 0.4) is 0 Å². The quantitative estimate of drug-likeness (QED) is 0.590. The molecule has 0 atom stereocenters. The summed E-state index contributed by atoms with van der Waals surface area (Å²) >= 11 is 0. The summed E-state index contributed by atoms with van der Waals surface area (Å²) in [6, 6.07) is 1.13. The largest absolute Gasteiger partial charge is 0.407 e. The molecule has 7 heteroatoms. The van der Waals surface area contributed by atoms with E-state index in [-0.39, 0.29) is 6.61 Å². The molecule has 0 bridgehead atoms. The minimum atomic E-state index is 0.0429. The van der Waals surface area contributed by atoms with Gasteiger partial charge in [0.25, 0.3) is 0 Å². The molecule has 0 amide bonds. The number of rotatable bonds is 9. The minimum Gasteiger partial charge on any atom is -0.407 e. The van der Waals surface area contributed by atoms with E-state index in [1.54, 1.807) is 0 Å². The van der Waals surface area contributed by atoms with Crippen LogP contribution in [0.5, 0.6) is 0 Å². The lowest BCUT2D eigenvalue weighted by Crippen LogP contribution is -2.23. The fourth-order valence-electron chi connectivity index (χ4n) is 1.45. The van der Waals surface area contributed by atoms with Crippen LogP contribution in [0.4, 0.5) is 6.01 Å². The zero-order valence-electron chi connectivity index (χ0n) is 10.6. The molecule has 1 heterocycles. The molecular formula is C11H20N4O3. The van der Waals surface area contributed by atoms with Crippen molar-refractivity contribution in [2.45, 2.75) is 25.4 Å². The molecule has 0 aliphatic heterocycles. The number of aromatic nitrogens is 2. The number of hydrogen-bond acceptors (Lipinski definition) is 7. The summed E-state index contributed by atoms with van der Waals surface area (Å²) in [6.45, 7) is 2.20. The van der Waals surface area contributed by atoms with E-state index in [0.717, 1.165) is 0 Å². The van der Waals surface area contributed by atoms with Gasteiger partial charge in [-0.1, -0.05) is 5.10 Å². The van der Waals surface area contributed by atoms with E-state index in [2.05, 4.69) is 15.5 Å². The normalized spacial score (nSPS) is 15.0. The third kappa shape index (κ3) is 4.25. The molecule has 1 saturated carbocycles. The van der Waals surface area contributed by atoms with E-state index < -0.39 is 0 Å². The van der Waals surface area contributed by atoms with Crippen molar-refractivity contribution in [1.82, 2.24) is 15.5 Å². The zero-order valence-corrected chi connectivity index (χ0v) is 10.6. The number of hydrogen-bond donors (Lipinski definition) is 2. The van der Waals surface area contributed by atoms with Crippen LogP contribution >= 0.6 is 0 Å². The summed E-state index contributed by atoms with van der Waals surface area (Å²) in [4.78, 5) is 1.84. The summed E-state index contributed by atoms with van der Waals surface area (Å²) in [7, 11) is 1.87. The van der Waals surface area contributed by atoms with Crippen LogP contribution in [0.15, 0.2) is 4.42 Å². The van der Waals surface area contributed by atoms with E-state index in [9.17, 15) is 0 Å². The lowest BCUT2D eigenvalue weighted by Gasteiger charge is -2.13. The Bertz CT molecular complexity index is 354. The molecule has 1 aromatic heterocycles. The SMILES string of the molecule is CN(CCOCCO)c1nnc(CNC2CC2)o1. The third-order valence-electron chi connectivity index (χ3n) is 2.71. The van der Waals surface area contributed by atoms with Gasteiger partial charge in [0.2, 0.25) is 5.89 Å². The van der Waals surface area contributed by atoms with Crippen molar-refractivity contribution in [2.24, 2.45) is 0 Å². The number of aliphatic hydroxyl groups is 1. The molecule has 0 spiro atoms. The van der Waals surface area contributed by atoms with E-state index >= 15 is 0 Å². The maximum absolute atomic E-state index is 8.57. The number of nitrogens with zero attached hydrogens (tertiary/aromatic N) is 3. The van der Waals surface area contributed by atoms with Crippen molar-refractivity contribution in [3.63, 3.8) is 0 Å². The highest BCUT2D eigenvalue weighted by atomic mass is 16.5. The van der Waals surface area contributed by atoms with Crippen LogP contribution in [0, 0.1) is 0 Å². The number of ether oxygens (including phenoxy) is 1. The van der Waals surface area contributed by atoms with E-state index in [1.165, 1.54) is 12.8 Å². The molecule has 18 heavy (non-hydrogen) atoms. The molecule has 2 rings (SSSR count). The fourth-order valence-corrected chi connectivity index (χ4v) is 1.45. The Morgan fingerprint density at radius 2 is 2.28 bits per heavy atom. The van der Waals surface area contributed by atoms with E-state index in [0.29, 0.717) is 44.3 Å². The molecule has 2 N–H and O–H groups in total. The van der Waals surface area contributed by atoms with Gasteiger partial charge < -0.3 is 24.5 Å². The summed E-state index contributed by atoms with van der Waals surface area (Å²) in [5.41, 5.74) is 0. The van der Waals surface area contributed by atoms with Crippen molar-refractivity contribution in [3.8, 4) is 0 Å². The second-order valence-electron chi connectivity index (χ2n) is 4.39. The van der Waals surface area contributed by atoms with Crippen LogP contribution in [0.2, 0.25) is 0 Å². The Labute approximate surface area is 106 Å². The average molecular weight is 256 g/mol. The van der Waals surface area contributed by atoms with Crippen molar-refractivity contribution >= 4 is 6.01 Å². The Kier molecular flexibility index (Phi) is 4.91. The van der Waals surface area contributed by atoms with Gasteiger partial charge in [-0.25, -0.2) is 0 Å². The second kappa shape index (κ2) is 6.67. The summed E-state index contributed by atoms with van der Waals surface area (Å²) < 4.78 is 10.7. The highest BCUT2D eigenvalue weighted by Gasteiger charge is 2.21. The van der Waals surface area contributed by atoms with Crippen LogP contribution in [-0.2, 0) is 11.3 Å². The van der Waals surface area contributed by atoms with Gasteiger partial charge in [-0.15, -0.1) is 5.10 Å². The highest BCUT2D eigenvalue weighted by molar-refractivity contribution is 5.21. The summed E-state index contributed by atoms with van der Waals surface area (Å²) in [5, 5.41) is 19.8. The van der Waals surface area contributed by atoms with Crippen molar-refractivity contribution in [1.29, 1.82) is 0 Å². The lowest BCUT2D eigenvalue weighted by molar-refractivity contribution is 0.0967. The Morgan fingerprint density at radius 3 is 3.00 bits per heavy atom. The van der Waals surface area contributed by atoms with Gasteiger partial charge in [-0.05, 0) is 12.8 Å². The molecule has 0 aromatic carbocycles. The molecule has 1 fully saturated rings. The topological polar surface area (TPSA) is 83.7 Å². The number of likely N-dealkylation sites (N-methyl/N-ethyl adjacent to an activating group) is 1. The first kappa shape index (κ1) is 13.3. The summed E-state index contributed by atoms with van der Waals surface area (Å²) in [5.74, 6) is 0.611. The van der Waals surface area contributed by atoms with Crippen LogP contribution in [-0.4, -0.2) is 54.8 Å². The van der Waals surface area contributed by atoms with E-state index in [1.807, 2.05) is 11.9 Å². The lowest BCUT2D eigenvalue weighted by atomic mass is 10.6. The number of anilines is 1. The standard InChI is InChI=1S/C11H20N4O3/c1-15(4-6-17-7-5-16)11-14-13-10(18-11)8-12-9-2-3-9/h9,12,16H,2-8H2,1H3. The van der Waals surface area contributed by atoms with Crippen LogP contribution < -0.4 is 10.2 Å². The van der Waals surface area contributed by atoms with E-state index in [4.69, 9.17) is 14.3 Å². The smallest absolute Gasteiger partial charge is 0.318 e. The molecule has 0 unspecified atom stereocenters. The Hall–Kier alpha value is -1.18. The number of nitrogens with one attached hydrogen (secondary N) is 1. The van der Waals surface area contributed by atoms with Gasteiger partial charge in [-0.3, -0.25) is 0 Å². The van der Waals surface area contributed by atoms with Crippen molar-refractivity contribution in [2.75, 3.05) is 38.3 Å². The molecule has 1 aliphatic rings. The molecule has 102 valence electrons. The zero-order chi connectivity index (χ0) is 12.8. The minimum absolute atomic E-state index is 0.0429. The molecule has 0 radical (unpaired) electrons. The first-order valence-electron chi connectivity index (χ1n) is 6.25. The van der Waals surface area contributed by atoms with Crippen molar-refractivity contribution in [3.05, 3.63) is 5.89 Å². The van der Waals surface area contributed by atoms with Gasteiger partial charge in [-0.2, -0.15) is 0 Å². The summed E-state index contributed by atoms with van der Waals surface area (Å²) in [6.07, 6.45) is 2.48. The first-order chi connectivity index (χ1) is 8.79. The molecule has 1 aliphatic carbocycles. The fraction of sp³-hybridized carbons (Fsp3) is 0.818. The van der Waals surface area contributed by atoms with Crippen LogP contribution in [0.1, 0.15) is 18.7 Å². The highest BCUT2D eigenvalue weighted by Crippen LogP contribution is 2.19. The molecule has 7 nitrogen and oxygen atoms in total. The predicted octanol–water partition coefficient (Wildman–Crippen LogP) is -0.233. The average Bonchev–Trinajstić information content (AvgIpc) is 3.09. The van der Waals surface area contributed by atoms with Crippen molar-refractivity contribution < 1.29 is 14.3 Å². The maximum Gasteiger partial charge on any atom is 0.318 e. The van der Waals surface area contributed by atoms with Gasteiger partial charge >= 0.3 is 6.01 Å². The monoisotopic (exact) mass is 256 g/mol. The molecule has 1 aromatic rings. The van der Waals surface area contributed by atoms with Gasteiger partial charge in [0.05, 0.1) is 26.4 Å². The number of aliphatic hydroxyl groups excluding tert-OH is 1. The Balaban J connectivity index is 1.69. The molecular weight excluding hydrogens is 236 g/mol. The predicted molar refractivity (Wildman–Crippen MR) is 65.3 cm³/mol. The first-order valence-corrected chi connectivity index (χ1v) is 6.25. The van der Waals surface area contributed by atoms with Crippen LogP contribution in [0.25, 0.3) is 0 Å². The second-order valence-corrected chi connectivity index (χ2v) is 4.39. The maximum atomic E-state index is 8.57. The molecule has 0 saturated heterocycles. The van der Waals surface area contributed by atoms with Gasteiger partial charge in [0.15, 0.2) is 0 Å².